The highest BCUT2D eigenvalue weighted by Crippen LogP contribution is 2.24. The Morgan fingerprint density at radius 1 is 1.50 bits per heavy atom. The molecule has 0 radical (unpaired) electrons. The minimum absolute atomic E-state index is 0.274. The fourth-order valence-electron chi connectivity index (χ4n) is 0.853. The van der Waals surface area contributed by atoms with Gasteiger partial charge in [0.1, 0.15) is 0 Å². The Kier molecular flexibility index (Phi) is 3.40. The maximum absolute atomic E-state index is 8.38. The topological polar surface area (TPSA) is 32.6 Å². The minimum atomic E-state index is 0.274. The minimum Gasteiger partial charge on any atom is -0.411 e. The van der Waals surface area contributed by atoms with Crippen molar-refractivity contribution in [3.05, 3.63) is 0 Å². The van der Waals surface area contributed by atoms with Crippen LogP contribution in [-0.2, 0) is 0 Å². The summed E-state index contributed by atoms with van der Waals surface area (Å²) in [6.45, 7) is 8.32. The molecule has 0 fully saturated rings. The monoisotopic (exact) mass is 143 g/mol. The average Bonchev–Trinajstić information content (AvgIpc) is 1.87. The van der Waals surface area contributed by atoms with E-state index in [1.54, 1.807) is 0 Å². The second kappa shape index (κ2) is 3.59. The Labute approximate surface area is 62.9 Å². The molecule has 0 saturated carbocycles. The van der Waals surface area contributed by atoms with Crippen LogP contribution in [-0.4, -0.2) is 10.9 Å². The zero-order valence-electron chi connectivity index (χ0n) is 7.31. The van der Waals surface area contributed by atoms with Crippen LogP contribution in [0.5, 0.6) is 0 Å². The summed E-state index contributed by atoms with van der Waals surface area (Å²) in [5, 5.41) is 11.5. The van der Waals surface area contributed by atoms with E-state index < -0.39 is 0 Å². The van der Waals surface area contributed by atoms with E-state index in [-0.39, 0.29) is 5.41 Å². The molecule has 0 bridgehead atoms. The van der Waals surface area contributed by atoms with Crippen LogP contribution >= 0.6 is 0 Å². The van der Waals surface area contributed by atoms with Crippen molar-refractivity contribution in [2.45, 2.75) is 40.5 Å². The molecule has 1 N–H and O–H groups in total. The third-order valence-corrected chi connectivity index (χ3v) is 1.86. The molecular weight excluding hydrogens is 126 g/mol. The van der Waals surface area contributed by atoms with Crippen molar-refractivity contribution in [2.75, 3.05) is 0 Å². The Bertz CT molecular complexity index is 127. The molecule has 10 heavy (non-hydrogen) atoms. The van der Waals surface area contributed by atoms with E-state index in [2.05, 4.69) is 25.9 Å². The quantitative estimate of drug-likeness (QED) is 0.367. The fraction of sp³-hybridized carbons (Fsp3) is 0.875. The van der Waals surface area contributed by atoms with Gasteiger partial charge < -0.3 is 5.21 Å². The molecule has 2 nitrogen and oxygen atoms in total. The highest BCUT2D eigenvalue weighted by molar-refractivity contribution is 5.81. The molecule has 0 aliphatic heterocycles. The zero-order chi connectivity index (χ0) is 8.20. The normalized spacial score (nSPS) is 13.8. The summed E-state index contributed by atoms with van der Waals surface area (Å²) in [5.74, 6) is 0. The van der Waals surface area contributed by atoms with Gasteiger partial charge in [0.25, 0.3) is 0 Å². The van der Waals surface area contributed by atoms with Crippen LogP contribution in [0.25, 0.3) is 0 Å². The largest absolute Gasteiger partial charge is 0.411 e. The van der Waals surface area contributed by atoms with Gasteiger partial charge in [0.05, 0.1) is 5.71 Å². The van der Waals surface area contributed by atoms with E-state index in [4.69, 9.17) is 5.21 Å². The smallest absolute Gasteiger partial charge is 0.0545 e. The average molecular weight is 143 g/mol. The van der Waals surface area contributed by atoms with Crippen LogP contribution in [0.3, 0.4) is 0 Å². The molecule has 2 heteroatoms. The van der Waals surface area contributed by atoms with Crippen molar-refractivity contribution in [3.63, 3.8) is 0 Å². The van der Waals surface area contributed by atoms with Gasteiger partial charge in [0, 0.05) is 0 Å². The first-order valence-electron chi connectivity index (χ1n) is 3.69. The van der Waals surface area contributed by atoms with Gasteiger partial charge in [0.15, 0.2) is 0 Å². The molecule has 0 atom stereocenters. The predicted octanol–water partition coefficient (Wildman–Crippen LogP) is 2.66. The number of hydrogen-bond donors (Lipinski definition) is 1. The SMILES string of the molecule is CCC(C)(C)C/C(C)=N\O. The molecular formula is C8H17NO. The standard InChI is InChI=1S/C8H17NO/c1-5-8(3,4)6-7(2)9-10/h10H,5-6H2,1-4H3/b9-7-. The summed E-state index contributed by atoms with van der Waals surface area (Å²) in [4.78, 5) is 0. The van der Waals surface area contributed by atoms with E-state index in [9.17, 15) is 0 Å². The molecule has 0 aromatic heterocycles. The molecule has 0 spiro atoms. The van der Waals surface area contributed by atoms with Crippen molar-refractivity contribution >= 4 is 5.71 Å². The molecule has 0 unspecified atom stereocenters. The van der Waals surface area contributed by atoms with E-state index >= 15 is 0 Å². The van der Waals surface area contributed by atoms with Crippen molar-refractivity contribution in [3.8, 4) is 0 Å². The lowest BCUT2D eigenvalue weighted by molar-refractivity contribution is 0.307. The van der Waals surface area contributed by atoms with E-state index in [0.717, 1.165) is 18.6 Å². The molecule has 0 aromatic rings. The van der Waals surface area contributed by atoms with Gasteiger partial charge in [-0.15, -0.1) is 0 Å². The summed E-state index contributed by atoms with van der Waals surface area (Å²) < 4.78 is 0. The third-order valence-electron chi connectivity index (χ3n) is 1.86. The number of rotatable bonds is 3. The van der Waals surface area contributed by atoms with Crippen LogP contribution in [0.2, 0.25) is 0 Å². The second-order valence-corrected chi connectivity index (χ2v) is 3.53. The van der Waals surface area contributed by atoms with Crippen molar-refractivity contribution in [1.82, 2.24) is 0 Å². The lowest BCUT2D eigenvalue weighted by atomic mass is 9.85. The summed E-state index contributed by atoms with van der Waals surface area (Å²) in [5.41, 5.74) is 1.09. The summed E-state index contributed by atoms with van der Waals surface area (Å²) in [6.07, 6.45) is 1.99. The van der Waals surface area contributed by atoms with E-state index in [1.807, 2.05) is 6.92 Å². The van der Waals surface area contributed by atoms with Gasteiger partial charge >= 0.3 is 0 Å². The van der Waals surface area contributed by atoms with Gasteiger partial charge in [0.2, 0.25) is 0 Å². The predicted molar refractivity (Wildman–Crippen MR) is 43.6 cm³/mol. The Morgan fingerprint density at radius 2 is 2.00 bits per heavy atom. The molecule has 0 saturated heterocycles. The molecule has 60 valence electrons. The Hall–Kier alpha value is -0.530. The molecule has 0 heterocycles. The zero-order valence-corrected chi connectivity index (χ0v) is 7.31. The maximum atomic E-state index is 8.38. The number of hydrogen-bond acceptors (Lipinski definition) is 2. The van der Waals surface area contributed by atoms with Gasteiger partial charge in [-0.2, -0.15) is 0 Å². The first kappa shape index (κ1) is 9.47. The first-order valence-corrected chi connectivity index (χ1v) is 3.69. The highest BCUT2D eigenvalue weighted by atomic mass is 16.4. The molecule has 0 aliphatic rings. The van der Waals surface area contributed by atoms with Crippen molar-refractivity contribution < 1.29 is 5.21 Å². The van der Waals surface area contributed by atoms with Crippen LogP contribution in [0.1, 0.15) is 40.5 Å². The van der Waals surface area contributed by atoms with Crippen LogP contribution < -0.4 is 0 Å². The summed E-state index contributed by atoms with van der Waals surface area (Å²) in [6, 6.07) is 0. The molecule has 0 aliphatic carbocycles. The van der Waals surface area contributed by atoms with E-state index in [0.29, 0.717) is 0 Å². The maximum Gasteiger partial charge on any atom is 0.0545 e. The van der Waals surface area contributed by atoms with Crippen LogP contribution in [0.4, 0.5) is 0 Å². The second-order valence-electron chi connectivity index (χ2n) is 3.53. The molecule has 0 rings (SSSR count). The van der Waals surface area contributed by atoms with Gasteiger partial charge in [-0.3, -0.25) is 0 Å². The number of oxime groups is 1. The number of nitrogens with zero attached hydrogens (tertiary/aromatic N) is 1. The van der Waals surface area contributed by atoms with Gasteiger partial charge in [-0.1, -0.05) is 32.3 Å². The van der Waals surface area contributed by atoms with Gasteiger partial charge in [-0.05, 0) is 18.8 Å². The van der Waals surface area contributed by atoms with Gasteiger partial charge in [-0.25, -0.2) is 0 Å². The van der Waals surface area contributed by atoms with E-state index in [1.165, 1.54) is 0 Å². The van der Waals surface area contributed by atoms with Crippen LogP contribution in [0.15, 0.2) is 5.16 Å². The fourth-order valence-corrected chi connectivity index (χ4v) is 0.853. The lowest BCUT2D eigenvalue weighted by Gasteiger charge is -2.21. The Balaban J connectivity index is 3.88. The lowest BCUT2D eigenvalue weighted by Crippen LogP contribution is -2.13. The Morgan fingerprint density at radius 3 is 2.30 bits per heavy atom. The summed E-state index contributed by atoms with van der Waals surface area (Å²) in [7, 11) is 0. The molecule has 0 aromatic carbocycles. The molecule has 0 amide bonds. The first-order chi connectivity index (χ1) is 4.52. The van der Waals surface area contributed by atoms with Crippen molar-refractivity contribution in [2.24, 2.45) is 10.6 Å². The summed E-state index contributed by atoms with van der Waals surface area (Å²) >= 11 is 0. The highest BCUT2D eigenvalue weighted by Gasteiger charge is 2.15. The van der Waals surface area contributed by atoms with Crippen molar-refractivity contribution in [1.29, 1.82) is 0 Å². The third kappa shape index (κ3) is 3.49. The van der Waals surface area contributed by atoms with Crippen LogP contribution in [0, 0.1) is 5.41 Å².